The zero-order valence-corrected chi connectivity index (χ0v) is 13.4. The van der Waals surface area contributed by atoms with E-state index in [2.05, 4.69) is 45.9 Å². The second-order valence-electron chi connectivity index (χ2n) is 5.58. The molecular formula is C18H28O2. The Morgan fingerprint density at radius 3 is 1.65 bits per heavy atom. The second kappa shape index (κ2) is 11.4. The number of rotatable bonds is 10. The van der Waals surface area contributed by atoms with Gasteiger partial charge in [0.15, 0.2) is 12.1 Å². The van der Waals surface area contributed by atoms with Gasteiger partial charge in [-0.3, -0.25) is 9.59 Å². The van der Waals surface area contributed by atoms with Gasteiger partial charge in [0, 0.05) is 6.42 Å². The Morgan fingerprint density at radius 1 is 0.750 bits per heavy atom. The Morgan fingerprint density at radius 2 is 1.20 bits per heavy atom. The van der Waals surface area contributed by atoms with Crippen LogP contribution in [-0.4, -0.2) is 12.1 Å². The highest BCUT2D eigenvalue weighted by molar-refractivity contribution is 6.24. The molecule has 0 saturated carbocycles. The molecule has 0 spiro atoms. The van der Waals surface area contributed by atoms with Gasteiger partial charge in [-0.25, -0.2) is 0 Å². The standard InChI is InChI=1S/C18H28O2/c1-15(2)8-5-9-16(3)10-6-11-17(4)12-7-13-18(20)14-19/h8,10,12,14H,5-7,9,11,13H2,1-4H3/b16-10+,17-12+. The summed E-state index contributed by atoms with van der Waals surface area (Å²) in [6, 6.07) is 0. The fourth-order valence-electron chi connectivity index (χ4n) is 1.86. The summed E-state index contributed by atoms with van der Waals surface area (Å²) in [6.45, 7) is 8.52. The average molecular weight is 276 g/mol. The molecule has 0 N–H and O–H groups in total. The lowest BCUT2D eigenvalue weighted by molar-refractivity contribution is -0.129. The van der Waals surface area contributed by atoms with Gasteiger partial charge >= 0.3 is 0 Å². The highest BCUT2D eigenvalue weighted by Gasteiger charge is 1.97. The summed E-state index contributed by atoms with van der Waals surface area (Å²) in [7, 11) is 0. The van der Waals surface area contributed by atoms with Gasteiger partial charge in [-0.05, 0) is 59.8 Å². The minimum atomic E-state index is -0.316. The predicted octanol–water partition coefficient (Wildman–Crippen LogP) is 4.95. The molecule has 112 valence electrons. The summed E-state index contributed by atoms with van der Waals surface area (Å²) in [6.07, 6.45) is 12.4. The Kier molecular flexibility index (Phi) is 10.6. The van der Waals surface area contributed by atoms with Crippen molar-refractivity contribution in [3.8, 4) is 0 Å². The minimum absolute atomic E-state index is 0.316. The molecule has 0 saturated heterocycles. The maximum absolute atomic E-state index is 10.8. The summed E-state index contributed by atoms with van der Waals surface area (Å²) in [5, 5.41) is 0. The first-order valence-electron chi connectivity index (χ1n) is 7.38. The first-order valence-corrected chi connectivity index (χ1v) is 7.38. The van der Waals surface area contributed by atoms with E-state index < -0.39 is 0 Å². The van der Waals surface area contributed by atoms with Crippen LogP contribution < -0.4 is 0 Å². The number of aldehydes is 1. The van der Waals surface area contributed by atoms with E-state index in [1.165, 1.54) is 16.7 Å². The third kappa shape index (κ3) is 11.6. The van der Waals surface area contributed by atoms with Gasteiger partial charge in [0.25, 0.3) is 0 Å². The van der Waals surface area contributed by atoms with E-state index in [0.717, 1.165) is 25.7 Å². The molecule has 0 radical (unpaired) electrons. The minimum Gasteiger partial charge on any atom is -0.295 e. The van der Waals surface area contributed by atoms with E-state index >= 15 is 0 Å². The topological polar surface area (TPSA) is 34.1 Å². The van der Waals surface area contributed by atoms with E-state index in [9.17, 15) is 9.59 Å². The van der Waals surface area contributed by atoms with Crippen molar-refractivity contribution in [1.82, 2.24) is 0 Å². The Bertz CT molecular complexity index is 394. The van der Waals surface area contributed by atoms with Crippen LogP contribution in [0.25, 0.3) is 0 Å². The third-order valence-electron chi connectivity index (χ3n) is 3.14. The Hall–Kier alpha value is -1.44. The quantitative estimate of drug-likeness (QED) is 0.321. The van der Waals surface area contributed by atoms with Crippen molar-refractivity contribution in [3.05, 3.63) is 34.9 Å². The van der Waals surface area contributed by atoms with Gasteiger partial charge in [0.1, 0.15) is 0 Å². The fourth-order valence-corrected chi connectivity index (χ4v) is 1.86. The lowest BCUT2D eigenvalue weighted by Gasteiger charge is -2.01. The fraction of sp³-hybridized carbons (Fsp3) is 0.556. The van der Waals surface area contributed by atoms with E-state index in [4.69, 9.17) is 0 Å². The van der Waals surface area contributed by atoms with Crippen molar-refractivity contribution in [3.63, 3.8) is 0 Å². The number of hydrogen-bond donors (Lipinski definition) is 0. The van der Waals surface area contributed by atoms with Gasteiger partial charge in [0.2, 0.25) is 0 Å². The normalized spacial score (nSPS) is 12.2. The zero-order chi connectivity index (χ0) is 15.4. The molecule has 20 heavy (non-hydrogen) atoms. The Balaban J connectivity index is 3.90. The molecule has 2 nitrogen and oxygen atoms in total. The number of carbonyl (C=O) groups is 2. The molecular weight excluding hydrogens is 248 g/mol. The smallest absolute Gasteiger partial charge is 0.195 e. The summed E-state index contributed by atoms with van der Waals surface area (Å²) in [5.41, 5.74) is 4.10. The van der Waals surface area contributed by atoms with Crippen LogP contribution in [0.4, 0.5) is 0 Å². The molecule has 0 aromatic carbocycles. The van der Waals surface area contributed by atoms with Crippen LogP contribution >= 0.6 is 0 Å². The molecule has 0 bridgehead atoms. The van der Waals surface area contributed by atoms with Crippen molar-refractivity contribution < 1.29 is 9.59 Å². The molecule has 0 atom stereocenters. The first-order chi connectivity index (χ1) is 9.45. The van der Waals surface area contributed by atoms with Crippen LogP contribution in [0.2, 0.25) is 0 Å². The number of allylic oxidation sites excluding steroid dienone is 6. The molecule has 0 aliphatic rings. The monoisotopic (exact) mass is 276 g/mol. The number of ketones is 1. The van der Waals surface area contributed by atoms with Gasteiger partial charge < -0.3 is 0 Å². The number of Topliss-reactive ketones (excluding diaryl/α,β-unsaturated/α-hetero) is 1. The van der Waals surface area contributed by atoms with Crippen molar-refractivity contribution >= 4 is 12.1 Å². The van der Waals surface area contributed by atoms with Crippen LogP contribution in [0.1, 0.15) is 66.2 Å². The summed E-state index contributed by atoms with van der Waals surface area (Å²) < 4.78 is 0. The van der Waals surface area contributed by atoms with Gasteiger partial charge in [-0.1, -0.05) is 34.9 Å². The summed E-state index contributed by atoms with van der Waals surface area (Å²) in [4.78, 5) is 21.0. The maximum Gasteiger partial charge on any atom is 0.195 e. The number of hydrogen-bond acceptors (Lipinski definition) is 2. The zero-order valence-electron chi connectivity index (χ0n) is 13.4. The third-order valence-corrected chi connectivity index (χ3v) is 3.14. The second-order valence-corrected chi connectivity index (χ2v) is 5.58. The van der Waals surface area contributed by atoms with Crippen molar-refractivity contribution in [2.75, 3.05) is 0 Å². The van der Waals surface area contributed by atoms with E-state index in [-0.39, 0.29) is 5.78 Å². The van der Waals surface area contributed by atoms with E-state index in [0.29, 0.717) is 19.1 Å². The van der Waals surface area contributed by atoms with Crippen molar-refractivity contribution in [1.29, 1.82) is 0 Å². The van der Waals surface area contributed by atoms with E-state index in [1.54, 1.807) is 0 Å². The number of carbonyl (C=O) groups excluding carboxylic acids is 2. The van der Waals surface area contributed by atoms with Crippen LogP contribution in [-0.2, 0) is 9.59 Å². The molecule has 0 aromatic rings. The molecule has 0 amide bonds. The van der Waals surface area contributed by atoms with E-state index in [1.807, 2.05) is 0 Å². The SMILES string of the molecule is CC(C)=CCC/C(C)=C/CC/C(C)=C/CCC(=O)C=O. The summed E-state index contributed by atoms with van der Waals surface area (Å²) in [5.74, 6) is -0.316. The molecule has 0 heterocycles. The molecule has 0 aromatic heterocycles. The van der Waals surface area contributed by atoms with Crippen LogP contribution in [0, 0.1) is 0 Å². The van der Waals surface area contributed by atoms with Crippen LogP contribution in [0.3, 0.4) is 0 Å². The van der Waals surface area contributed by atoms with Gasteiger partial charge in [-0.2, -0.15) is 0 Å². The largest absolute Gasteiger partial charge is 0.295 e. The van der Waals surface area contributed by atoms with Crippen molar-refractivity contribution in [2.45, 2.75) is 66.2 Å². The Labute approximate surface area is 123 Å². The molecule has 0 aliphatic carbocycles. The lowest BCUT2D eigenvalue weighted by atomic mass is 10.1. The van der Waals surface area contributed by atoms with Crippen LogP contribution in [0.5, 0.6) is 0 Å². The summed E-state index contributed by atoms with van der Waals surface area (Å²) >= 11 is 0. The molecule has 0 fully saturated rings. The molecule has 2 heteroatoms. The molecule has 0 rings (SSSR count). The highest BCUT2D eigenvalue weighted by Crippen LogP contribution is 2.12. The average Bonchev–Trinajstić information content (AvgIpc) is 2.38. The molecule has 0 unspecified atom stereocenters. The first kappa shape index (κ1) is 18.6. The van der Waals surface area contributed by atoms with Gasteiger partial charge in [0.05, 0.1) is 0 Å². The highest BCUT2D eigenvalue weighted by atomic mass is 16.2. The predicted molar refractivity (Wildman–Crippen MR) is 85.7 cm³/mol. The van der Waals surface area contributed by atoms with Gasteiger partial charge in [-0.15, -0.1) is 0 Å². The molecule has 0 aliphatic heterocycles. The maximum atomic E-state index is 10.8. The van der Waals surface area contributed by atoms with Crippen LogP contribution in [0.15, 0.2) is 34.9 Å². The lowest BCUT2D eigenvalue weighted by Crippen LogP contribution is -1.96. The van der Waals surface area contributed by atoms with Crippen molar-refractivity contribution in [2.24, 2.45) is 0 Å².